The van der Waals surface area contributed by atoms with Crippen molar-refractivity contribution in [1.82, 2.24) is 0 Å². The molecule has 12 heavy (non-hydrogen) atoms. The average Bonchev–Trinajstić information content (AvgIpc) is 2.04. The summed E-state index contributed by atoms with van der Waals surface area (Å²) in [4.78, 5) is 0. The quantitative estimate of drug-likeness (QED) is 0.615. The maximum absolute atomic E-state index is 3.73. The van der Waals surface area contributed by atoms with E-state index < -0.39 is 0 Å². The van der Waals surface area contributed by atoms with Crippen molar-refractivity contribution in [3.05, 3.63) is 48.0 Å². The highest BCUT2D eigenvalue weighted by molar-refractivity contribution is 5.64. The maximum Gasteiger partial charge on any atom is -0.0187 e. The largest absolute Gasteiger partial charge is 0.0984 e. The zero-order valence-electron chi connectivity index (χ0n) is 6.80. The average molecular weight is 160 g/mol. The monoisotopic (exact) mass is 160 g/mol. The molecule has 0 atom stereocenters. The Labute approximate surface area is 75.2 Å². The van der Waals surface area contributed by atoms with Gasteiger partial charge in [-0.2, -0.15) is 0 Å². The molecule has 0 nitrogen and oxygen atoms in total. The molecule has 0 unspecified atom stereocenters. The minimum Gasteiger partial charge on any atom is -0.0984 e. The standard InChI is InChI=1S/C11H12.CH4/c1-4-10-7-6-9(3)8-11(10)5-2;/h4-8H,1-2H2,3H3;1H4. The van der Waals surface area contributed by atoms with Crippen molar-refractivity contribution in [3.8, 4) is 0 Å². The van der Waals surface area contributed by atoms with Crippen LogP contribution < -0.4 is 0 Å². The first kappa shape index (κ1) is 10.7. The van der Waals surface area contributed by atoms with Gasteiger partial charge in [0.1, 0.15) is 0 Å². The Hall–Kier alpha value is -1.30. The van der Waals surface area contributed by atoms with Gasteiger partial charge in [-0.25, -0.2) is 0 Å². The van der Waals surface area contributed by atoms with Gasteiger partial charge in [-0.15, -0.1) is 0 Å². The Morgan fingerprint density at radius 2 is 1.67 bits per heavy atom. The molecule has 0 saturated heterocycles. The van der Waals surface area contributed by atoms with E-state index >= 15 is 0 Å². The Balaban J connectivity index is 0.00000121. The first-order chi connectivity index (χ1) is 5.27. The van der Waals surface area contributed by atoms with Crippen LogP contribution in [0.4, 0.5) is 0 Å². The van der Waals surface area contributed by atoms with Crippen molar-refractivity contribution >= 4 is 12.2 Å². The van der Waals surface area contributed by atoms with Crippen molar-refractivity contribution in [1.29, 1.82) is 0 Å². The van der Waals surface area contributed by atoms with Gasteiger partial charge in [-0.3, -0.25) is 0 Å². The van der Waals surface area contributed by atoms with Crippen LogP contribution in [0.25, 0.3) is 12.2 Å². The van der Waals surface area contributed by atoms with Gasteiger partial charge in [-0.1, -0.05) is 56.5 Å². The van der Waals surface area contributed by atoms with Crippen LogP contribution in [0.15, 0.2) is 31.4 Å². The summed E-state index contributed by atoms with van der Waals surface area (Å²) >= 11 is 0. The fraction of sp³-hybridized carbons (Fsp3) is 0.167. The molecule has 0 saturated carbocycles. The molecule has 1 rings (SSSR count). The topological polar surface area (TPSA) is 0 Å². The minimum atomic E-state index is 0. The molecule has 0 amide bonds. The van der Waals surface area contributed by atoms with Crippen molar-refractivity contribution in [3.63, 3.8) is 0 Å². The second-order valence-electron chi connectivity index (χ2n) is 2.54. The molecule has 1 aromatic rings. The summed E-state index contributed by atoms with van der Waals surface area (Å²) in [5.41, 5.74) is 3.55. The van der Waals surface area contributed by atoms with E-state index in [1.807, 2.05) is 12.2 Å². The normalized spacial score (nSPS) is 8.42. The second-order valence-corrected chi connectivity index (χ2v) is 2.54. The van der Waals surface area contributed by atoms with E-state index in [0.717, 1.165) is 11.1 Å². The van der Waals surface area contributed by atoms with E-state index in [9.17, 15) is 0 Å². The van der Waals surface area contributed by atoms with Gasteiger partial charge in [0.25, 0.3) is 0 Å². The van der Waals surface area contributed by atoms with Crippen LogP contribution in [0, 0.1) is 6.92 Å². The summed E-state index contributed by atoms with van der Waals surface area (Å²) in [6, 6.07) is 6.23. The Kier molecular flexibility index (Phi) is 4.06. The molecule has 64 valence electrons. The highest BCUT2D eigenvalue weighted by atomic mass is 14.0. The van der Waals surface area contributed by atoms with Gasteiger partial charge >= 0.3 is 0 Å². The van der Waals surface area contributed by atoms with E-state index in [0.29, 0.717) is 0 Å². The van der Waals surface area contributed by atoms with Crippen LogP contribution in [0.2, 0.25) is 0 Å². The van der Waals surface area contributed by atoms with E-state index in [-0.39, 0.29) is 7.43 Å². The molecule has 0 spiro atoms. The van der Waals surface area contributed by atoms with E-state index in [1.54, 1.807) is 0 Å². The smallest absolute Gasteiger partial charge is 0.0187 e. The lowest BCUT2D eigenvalue weighted by atomic mass is 10.0. The zero-order chi connectivity index (χ0) is 8.27. The molecule has 0 heterocycles. The predicted octanol–water partition coefficient (Wildman–Crippen LogP) is 3.92. The predicted molar refractivity (Wildman–Crippen MR) is 58.1 cm³/mol. The second kappa shape index (κ2) is 4.55. The van der Waals surface area contributed by atoms with E-state index in [1.165, 1.54) is 5.56 Å². The summed E-state index contributed by atoms with van der Waals surface area (Å²) in [5.74, 6) is 0. The Bertz CT molecular complexity index is 282. The molecule has 0 bridgehead atoms. The third-order valence-electron chi connectivity index (χ3n) is 1.68. The Morgan fingerprint density at radius 1 is 1.08 bits per heavy atom. The molecule has 0 heteroatoms. The molecule has 1 aromatic carbocycles. The molecule has 0 aliphatic carbocycles. The highest BCUT2D eigenvalue weighted by Gasteiger charge is 1.93. The van der Waals surface area contributed by atoms with Crippen LogP contribution in [-0.2, 0) is 0 Å². The summed E-state index contributed by atoms with van der Waals surface area (Å²) in [6.07, 6.45) is 3.69. The van der Waals surface area contributed by atoms with Crippen molar-refractivity contribution in [2.75, 3.05) is 0 Å². The van der Waals surface area contributed by atoms with Crippen molar-refractivity contribution in [2.24, 2.45) is 0 Å². The van der Waals surface area contributed by atoms with Crippen molar-refractivity contribution < 1.29 is 0 Å². The van der Waals surface area contributed by atoms with E-state index in [4.69, 9.17) is 0 Å². The van der Waals surface area contributed by atoms with Crippen LogP contribution in [0.1, 0.15) is 24.1 Å². The fourth-order valence-electron chi connectivity index (χ4n) is 1.06. The molecular weight excluding hydrogens is 144 g/mol. The molecule has 0 aliphatic heterocycles. The number of hydrogen-bond acceptors (Lipinski definition) is 0. The Morgan fingerprint density at radius 3 is 2.17 bits per heavy atom. The molecular formula is C12H16. The van der Waals surface area contributed by atoms with Gasteiger partial charge in [0, 0.05) is 0 Å². The SMILES string of the molecule is C.C=Cc1ccc(C)cc1C=C. The highest BCUT2D eigenvalue weighted by Crippen LogP contribution is 2.13. The molecule has 0 fully saturated rings. The summed E-state index contributed by atoms with van der Waals surface area (Å²) in [5, 5.41) is 0. The zero-order valence-corrected chi connectivity index (χ0v) is 6.80. The van der Waals surface area contributed by atoms with Gasteiger partial charge in [0.15, 0.2) is 0 Å². The van der Waals surface area contributed by atoms with Crippen LogP contribution in [-0.4, -0.2) is 0 Å². The summed E-state index contributed by atoms with van der Waals surface area (Å²) in [7, 11) is 0. The lowest BCUT2D eigenvalue weighted by molar-refractivity contribution is 1.45. The van der Waals surface area contributed by atoms with E-state index in [2.05, 4.69) is 38.3 Å². The first-order valence-corrected chi connectivity index (χ1v) is 3.63. The lowest BCUT2D eigenvalue weighted by Crippen LogP contribution is -1.80. The van der Waals surface area contributed by atoms with Gasteiger partial charge in [0.05, 0.1) is 0 Å². The number of benzene rings is 1. The van der Waals surface area contributed by atoms with Crippen molar-refractivity contribution in [2.45, 2.75) is 14.4 Å². The molecule has 0 aromatic heterocycles. The number of aryl methyl sites for hydroxylation is 1. The van der Waals surface area contributed by atoms with Gasteiger partial charge < -0.3 is 0 Å². The fourth-order valence-corrected chi connectivity index (χ4v) is 1.06. The summed E-state index contributed by atoms with van der Waals surface area (Å²) < 4.78 is 0. The lowest BCUT2D eigenvalue weighted by Gasteiger charge is -2.00. The van der Waals surface area contributed by atoms with Gasteiger partial charge in [0.2, 0.25) is 0 Å². The van der Waals surface area contributed by atoms with Crippen LogP contribution in [0.3, 0.4) is 0 Å². The first-order valence-electron chi connectivity index (χ1n) is 3.63. The maximum atomic E-state index is 3.73. The number of rotatable bonds is 2. The molecule has 0 radical (unpaired) electrons. The minimum absolute atomic E-state index is 0. The molecule has 0 N–H and O–H groups in total. The third-order valence-corrected chi connectivity index (χ3v) is 1.68. The summed E-state index contributed by atoms with van der Waals surface area (Å²) in [6.45, 7) is 9.52. The van der Waals surface area contributed by atoms with Gasteiger partial charge in [-0.05, 0) is 18.1 Å². The van der Waals surface area contributed by atoms with Crippen LogP contribution >= 0.6 is 0 Å². The van der Waals surface area contributed by atoms with Crippen LogP contribution in [0.5, 0.6) is 0 Å². The third kappa shape index (κ3) is 2.09. The molecule has 0 aliphatic rings. The number of hydrogen-bond donors (Lipinski definition) is 0.